The number of hydrogen-bond donors (Lipinski definition) is 0. The number of hydrogen-bond acceptors (Lipinski definition) is 5. The van der Waals surface area contributed by atoms with E-state index in [1.54, 1.807) is 12.1 Å². The lowest BCUT2D eigenvalue weighted by Crippen LogP contribution is -2.33. The summed E-state index contributed by atoms with van der Waals surface area (Å²) in [6.07, 6.45) is 0.945. The fourth-order valence-electron chi connectivity index (χ4n) is 2.44. The van der Waals surface area contributed by atoms with Gasteiger partial charge >= 0.3 is 10.1 Å². The molecule has 0 N–H and O–H groups in total. The van der Waals surface area contributed by atoms with E-state index in [-0.39, 0.29) is 29.7 Å². The number of halogens is 1. The van der Waals surface area contributed by atoms with Crippen LogP contribution in [0.3, 0.4) is 0 Å². The minimum atomic E-state index is -3.81. The third-order valence-corrected chi connectivity index (χ3v) is 5.87. The predicted octanol–water partition coefficient (Wildman–Crippen LogP) is 3.01. The molecule has 9 heteroatoms. The van der Waals surface area contributed by atoms with Gasteiger partial charge in [0, 0.05) is 13.1 Å². The lowest BCUT2D eigenvalue weighted by Gasteiger charge is -2.24. The molecular weight excluding hydrogens is 393 g/mol. The standard InChI is InChI=1S/C18H22FNO5S2/c1-14(2)12-20(27(23,24)18-10-6-16(19)7-11-18)13-15-4-8-17(9-5-15)25-26(3,21)22/h4-11,14H,12-13H2,1-3H3. The Morgan fingerprint density at radius 3 is 2.00 bits per heavy atom. The van der Waals surface area contributed by atoms with Crippen molar-refractivity contribution in [1.82, 2.24) is 4.31 Å². The van der Waals surface area contributed by atoms with Crippen LogP contribution in [0.2, 0.25) is 0 Å². The Morgan fingerprint density at radius 2 is 1.52 bits per heavy atom. The van der Waals surface area contributed by atoms with Gasteiger partial charge in [0.1, 0.15) is 11.6 Å². The molecule has 0 aliphatic rings. The minimum absolute atomic E-state index is 0.0154. The summed E-state index contributed by atoms with van der Waals surface area (Å²) in [5.41, 5.74) is 0.669. The highest BCUT2D eigenvalue weighted by Crippen LogP contribution is 2.22. The van der Waals surface area contributed by atoms with Crippen molar-refractivity contribution in [3.63, 3.8) is 0 Å². The Morgan fingerprint density at radius 1 is 0.963 bits per heavy atom. The van der Waals surface area contributed by atoms with Gasteiger partial charge in [-0.3, -0.25) is 0 Å². The van der Waals surface area contributed by atoms with Crippen LogP contribution in [0.15, 0.2) is 53.4 Å². The van der Waals surface area contributed by atoms with E-state index in [1.165, 1.54) is 28.6 Å². The van der Waals surface area contributed by atoms with E-state index >= 15 is 0 Å². The van der Waals surface area contributed by atoms with Gasteiger partial charge < -0.3 is 4.18 Å². The van der Waals surface area contributed by atoms with Gasteiger partial charge in [0.25, 0.3) is 0 Å². The largest absolute Gasteiger partial charge is 0.383 e. The van der Waals surface area contributed by atoms with Crippen LogP contribution in [0, 0.1) is 11.7 Å². The zero-order valence-electron chi connectivity index (χ0n) is 15.3. The molecule has 0 bridgehead atoms. The first-order valence-corrected chi connectivity index (χ1v) is 11.5. The first kappa shape index (κ1) is 21.3. The van der Waals surface area contributed by atoms with Crippen LogP contribution in [0.4, 0.5) is 4.39 Å². The van der Waals surface area contributed by atoms with Crippen LogP contribution in [-0.2, 0) is 26.7 Å². The van der Waals surface area contributed by atoms with E-state index in [1.807, 2.05) is 13.8 Å². The van der Waals surface area contributed by atoms with Crippen molar-refractivity contribution in [1.29, 1.82) is 0 Å². The zero-order chi connectivity index (χ0) is 20.2. The topological polar surface area (TPSA) is 80.8 Å². The van der Waals surface area contributed by atoms with Crippen molar-refractivity contribution >= 4 is 20.1 Å². The summed E-state index contributed by atoms with van der Waals surface area (Å²) >= 11 is 0. The monoisotopic (exact) mass is 415 g/mol. The molecule has 2 rings (SSSR count). The van der Waals surface area contributed by atoms with E-state index < -0.39 is 26.0 Å². The Hall–Kier alpha value is -1.97. The number of benzene rings is 2. The Labute approximate surface area is 159 Å². The van der Waals surface area contributed by atoms with E-state index in [2.05, 4.69) is 0 Å². The van der Waals surface area contributed by atoms with Crippen LogP contribution in [0.5, 0.6) is 5.75 Å². The fraction of sp³-hybridized carbons (Fsp3) is 0.333. The molecule has 27 heavy (non-hydrogen) atoms. The van der Waals surface area contributed by atoms with Gasteiger partial charge in [-0.15, -0.1) is 0 Å². The van der Waals surface area contributed by atoms with Crippen molar-refractivity contribution in [2.75, 3.05) is 12.8 Å². The lowest BCUT2D eigenvalue weighted by molar-refractivity contribution is 0.362. The Bertz CT molecular complexity index is 969. The van der Waals surface area contributed by atoms with Gasteiger partial charge in [-0.2, -0.15) is 12.7 Å². The summed E-state index contributed by atoms with van der Waals surface area (Å²) in [5, 5.41) is 0. The summed E-state index contributed by atoms with van der Waals surface area (Å²) in [6.45, 7) is 4.17. The molecule has 0 aliphatic carbocycles. The molecular formula is C18H22FNO5S2. The third kappa shape index (κ3) is 6.30. The highest BCUT2D eigenvalue weighted by atomic mass is 32.2. The van der Waals surface area contributed by atoms with Gasteiger partial charge in [0.05, 0.1) is 11.2 Å². The molecule has 2 aromatic rings. The minimum Gasteiger partial charge on any atom is -0.383 e. The summed E-state index contributed by atoms with van der Waals surface area (Å²) in [5.74, 6) is -0.281. The highest BCUT2D eigenvalue weighted by molar-refractivity contribution is 7.89. The van der Waals surface area contributed by atoms with E-state index in [0.717, 1.165) is 18.4 Å². The molecule has 0 spiro atoms. The molecule has 6 nitrogen and oxygen atoms in total. The smallest absolute Gasteiger partial charge is 0.306 e. The molecule has 0 unspecified atom stereocenters. The van der Waals surface area contributed by atoms with Crippen LogP contribution in [-0.4, -0.2) is 33.9 Å². The van der Waals surface area contributed by atoms with Crippen molar-refractivity contribution in [3.8, 4) is 5.75 Å². The summed E-state index contributed by atoms with van der Waals surface area (Å²) in [4.78, 5) is 0.0154. The number of sulfonamides is 1. The summed E-state index contributed by atoms with van der Waals surface area (Å²) in [6, 6.07) is 10.8. The second-order valence-corrected chi connectivity index (χ2v) is 10.1. The molecule has 0 saturated carbocycles. The Kier molecular flexibility index (Phi) is 6.61. The molecule has 2 aromatic carbocycles. The van der Waals surface area contributed by atoms with Crippen molar-refractivity contribution in [2.45, 2.75) is 25.3 Å². The maximum absolute atomic E-state index is 13.1. The van der Waals surface area contributed by atoms with Gasteiger partial charge in [-0.1, -0.05) is 26.0 Å². The van der Waals surface area contributed by atoms with Crippen LogP contribution in [0.25, 0.3) is 0 Å². The third-order valence-electron chi connectivity index (χ3n) is 3.55. The molecule has 0 aliphatic heterocycles. The molecule has 0 fully saturated rings. The number of nitrogens with zero attached hydrogens (tertiary/aromatic N) is 1. The molecule has 0 amide bonds. The molecule has 0 aromatic heterocycles. The van der Waals surface area contributed by atoms with E-state index in [4.69, 9.17) is 4.18 Å². The quantitative estimate of drug-likeness (QED) is 0.619. The van der Waals surface area contributed by atoms with Crippen LogP contribution in [0.1, 0.15) is 19.4 Å². The zero-order valence-corrected chi connectivity index (χ0v) is 16.9. The molecule has 0 saturated heterocycles. The average molecular weight is 416 g/mol. The average Bonchev–Trinajstić information content (AvgIpc) is 2.54. The molecule has 0 atom stereocenters. The fourth-order valence-corrected chi connectivity index (χ4v) is 4.49. The first-order valence-electron chi connectivity index (χ1n) is 8.21. The molecule has 148 valence electrons. The van der Waals surface area contributed by atoms with Crippen LogP contribution >= 0.6 is 0 Å². The van der Waals surface area contributed by atoms with Gasteiger partial charge in [-0.05, 0) is 47.9 Å². The lowest BCUT2D eigenvalue weighted by atomic mass is 10.2. The summed E-state index contributed by atoms with van der Waals surface area (Å²) in [7, 11) is -7.44. The number of rotatable bonds is 8. The second-order valence-electron chi connectivity index (χ2n) is 6.58. The van der Waals surface area contributed by atoms with E-state index in [9.17, 15) is 21.2 Å². The van der Waals surface area contributed by atoms with Gasteiger partial charge in [0.2, 0.25) is 10.0 Å². The highest BCUT2D eigenvalue weighted by Gasteiger charge is 2.25. The maximum Gasteiger partial charge on any atom is 0.306 e. The molecule has 0 radical (unpaired) electrons. The van der Waals surface area contributed by atoms with Gasteiger partial charge in [-0.25, -0.2) is 12.8 Å². The normalized spacial score (nSPS) is 12.5. The SMILES string of the molecule is CC(C)CN(Cc1ccc(OS(C)(=O)=O)cc1)S(=O)(=O)c1ccc(F)cc1. The van der Waals surface area contributed by atoms with E-state index in [0.29, 0.717) is 5.56 Å². The van der Waals surface area contributed by atoms with Crippen molar-refractivity contribution in [2.24, 2.45) is 5.92 Å². The van der Waals surface area contributed by atoms with Crippen LogP contribution < -0.4 is 4.18 Å². The predicted molar refractivity (Wildman–Crippen MR) is 101 cm³/mol. The molecule has 0 heterocycles. The Balaban J connectivity index is 2.27. The second kappa shape index (κ2) is 8.37. The first-order chi connectivity index (χ1) is 12.5. The van der Waals surface area contributed by atoms with Crippen molar-refractivity contribution in [3.05, 3.63) is 59.9 Å². The van der Waals surface area contributed by atoms with Gasteiger partial charge in [0.15, 0.2) is 0 Å². The van der Waals surface area contributed by atoms with Crippen molar-refractivity contribution < 1.29 is 25.4 Å². The maximum atomic E-state index is 13.1. The summed E-state index contributed by atoms with van der Waals surface area (Å²) < 4.78 is 67.4.